The summed E-state index contributed by atoms with van der Waals surface area (Å²) in [7, 11) is 2.93. The van der Waals surface area contributed by atoms with Crippen LogP contribution >= 0.6 is 0 Å². The molecular weight excluding hydrogens is 354 g/mol. The van der Waals surface area contributed by atoms with Crippen LogP contribution in [-0.4, -0.2) is 74.5 Å². The van der Waals surface area contributed by atoms with Crippen molar-refractivity contribution in [1.82, 2.24) is 15.2 Å². The van der Waals surface area contributed by atoms with Crippen LogP contribution in [0.25, 0.3) is 10.9 Å². The van der Waals surface area contributed by atoms with Crippen LogP contribution in [0.3, 0.4) is 0 Å². The molecule has 0 saturated carbocycles. The van der Waals surface area contributed by atoms with Gasteiger partial charge in [-0.05, 0) is 6.07 Å². The Kier molecular flexibility index (Phi) is 5.82. The van der Waals surface area contributed by atoms with E-state index in [1.807, 2.05) is 0 Å². The standard InChI is InChI=1S/C18H23N3O6/c1-25-13-9-11-12(10-14(13)26-2)20-18(24)15(16(11)22)17(23)19-3-4-21-5-7-27-8-6-21/h9-10H,3-8H2,1-2H3,(H,19,23)(H2,20,22,24). The molecule has 3 N–H and O–H groups in total. The Labute approximate surface area is 155 Å². The third-order valence-electron chi connectivity index (χ3n) is 4.54. The number of nitrogens with one attached hydrogen (secondary N) is 2. The van der Waals surface area contributed by atoms with Crippen molar-refractivity contribution >= 4 is 16.8 Å². The minimum absolute atomic E-state index is 0.297. The number of carbonyl (C=O) groups excluding carboxylic acids is 1. The molecule has 0 radical (unpaired) electrons. The first-order valence-electron chi connectivity index (χ1n) is 8.64. The minimum Gasteiger partial charge on any atom is -0.506 e. The largest absolute Gasteiger partial charge is 0.506 e. The zero-order valence-corrected chi connectivity index (χ0v) is 15.3. The van der Waals surface area contributed by atoms with Crippen LogP contribution in [0.1, 0.15) is 10.4 Å². The van der Waals surface area contributed by atoms with Crippen molar-refractivity contribution in [2.45, 2.75) is 0 Å². The Balaban J connectivity index is 1.82. The highest BCUT2D eigenvalue weighted by Gasteiger charge is 2.21. The number of pyridine rings is 1. The number of ether oxygens (including phenoxy) is 3. The van der Waals surface area contributed by atoms with Gasteiger partial charge in [-0.25, -0.2) is 0 Å². The fourth-order valence-corrected chi connectivity index (χ4v) is 3.06. The van der Waals surface area contributed by atoms with Crippen molar-refractivity contribution in [1.29, 1.82) is 0 Å². The first-order valence-corrected chi connectivity index (χ1v) is 8.64. The molecule has 1 aliphatic heterocycles. The normalized spacial score (nSPS) is 14.9. The van der Waals surface area contributed by atoms with Gasteiger partial charge in [0.05, 0.1) is 33.0 Å². The van der Waals surface area contributed by atoms with Crippen LogP contribution in [-0.2, 0) is 4.74 Å². The number of morpholine rings is 1. The second kappa shape index (κ2) is 8.28. The highest BCUT2D eigenvalue weighted by Crippen LogP contribution is 2.35. The van der Waals surface area contributed by atoms with Gasteiger partial charge in [0.15, 0.2) is 11.5 Å². The summed E-state index contributed by atoms with van der Waals surface area (Å²) in [5.41, 5.74) is -0.646. The lowest BCUT2D eigenvalue weighted by molar-refractivity contribution is 0.0383. The number of carbonyl (C=O) groups is 1. The number of rotatable bonds is 6. The van der Waals surface area contributed by atoms with E-state index in [9.17, 15) is 14.7 Å². The fourth-order valence-electron chi connectivity index (χ4n) is 3.06. The Morgan fingerprint density at radius 1 is 1.26 bits per heavy atom. The smallest absolute Gasteiger partial charge is 0.265 e. The molecule has 27 heavy (non-hydrogen) atoms. The Bertz CT molecular complexity index is 889. The van der Waals surface area contributed by atoms with Gasteiger partial charge in [0.25, 0.3) is 11.5 Å². The molecule has 2 heterocycles. The number of fused-ring (bicyclic) bond motifs is 1. The van der Waals surface area contributed by atoms with Gasteiger partial charge in [-0.15, -0.1) is 0 Å². The van der Waals surface area contributed by atoms with Gasteiger partial charge in [-0.3, -0.25) is 14.5 Å². The molecule has 1 amide bonds. The third-order valence-corrected chi connectivity index (χ3v) is 4.54. The van der Waals surface area contributed by atoms with Gasteiger partial charge in [0, 0.05) is 37.6 Å². The van der Waals surface area contributed by atoms with Gasteiger partial charge < -0.3 is 29.6 Å². The summed E-state index contributed by atoms with van der Waals surface area (Å²) in [6.45, 7) is 3.96. The monoisotopic (exact) mass is 377 g/mol. The van der Waals surface area contributed by atoms with E-state index >= 15 is 0 Å². The number of nitrogens with zero attached hydrogens (tertiary/aromatic N) is 1. The van der Waals surface area contributed by atoms with Crippen LogP contribution in [0.4, 0.5) is 0 Å². The summed E-state index contributed by atoms with van der Waals surface area (Å²) in [6, 6.07) is 3.05. The van der Waals surface area contributed by atoms with E-state index in [0.717, 1.165) is 13.1 Å². The quantitative estimate of drug-likeness (QED) is 0.664. The number of aromatic amines is 1. The molecule has 0 spiro atoms. The molecule has 9 nitrogen and oxygen atoms in total. The summed E-state index contributed by atoms with van der Waals surface area (Å²) >= 11 is 0. The number of methoxy groups -OCH3 is 2. The van der Waals surface area contributed by atoms with Crippen LogP contribution in [0.2, 0.25) is 0 Å². The van der Waals surface area contributed by atoms with Crippen LogP contribution in [0.15, 0.2) is 16.9 Å². The molecule has 2 aromatic rings. The van der Waals surface area contributed by atoms with E-state index in [-0.39, 0.29) is 5.56 Å². The van der Waals surface area contributed by atoms with E-state index in [2.05, 4.69) is 15.2 Å². The van der Waals surface area contributed by atoms with Crippen molar-refractivity contribution in [3.05, 3.63) is 28.0 Å². The lowest BCUT2D eigenvalue weighted by Crippen LogP contribution is -2.42. The molecule has 1 aromatic heterocycles. The zero-order chi connectivity index (χ0) is 19.4. The van der Waals surface area contributed by atoms with Gasteiger partial charge in [0.1, 0.15) is 11.3 Å². The number of aromatic hydroxyl groups is 1. The van der Waals surface area contributed by atoms with Gasteiger partial charge >= 0.3 is 0 Å². The average molecular weight is 377 g/mol. The Hall–Kier alpha value is -2.78. The average Bonchev–Trinajstić information content (AvgIpc) is 2.68. The molecule has 1 aliphatic rings. The molecule has 1 aromatic carbocycles. The fraction of sp³-hybridized carbons (Fsp3) is 0.444. The molecule has 0 aliphatic carbocycles. The van der Waals surface area contributed by atoms with Crippen LogP contribution in [0, 0.1) is 0 Å². The maximum Gasteiger partial charge on any atom is 0.265 e. The molecule has 3 rings (SSSR count). The van der Waals surface area contributed by atoms with E-state index in [0.29, 0.717) is 48.7 Å². The minimum atomic E-state index is -0.670. The van der Waals surface area contributed by atoms with Gasteiger partial charge in [-0.1, -0.05) is 0 Å². The summed E-state index contributed by atoms with van der Waals surface area (Å²) in [6.07, 6.45) is 0. The number of amides is 1. The number of H-pyrrole nitrogens is 1. The van der Waals surface area contributed by atoms with Crippen molar-refractivity contribution in [3.8, 4) is 17.2 Å². The summed E-state index contributed by atoms with van der Waals surface area (Å²) in [5, 5.41) is 13.5. The predicted octanol–water partition coefficient (Wildman–Crippen LogP) is 0.313. The summed E-state index contributed by atoms with van der Waals surface area (Å²) in [4.78, 5) is 29.6. The lowest BCUT2D eigenvalue weighted by Gasteiger charge is -2.26. The topological polar surface area (TPSA) is 113 Å². The number of benzene rings is 1. The highest BCUT2D eigenvalue weighted by molar-refractivity contribution is 6.02. The van der Waals surface area contributed by atoms with Gasteiger partial charge in [0.2, 0.25) is 0 Å². The molecule has 0 unspecified atom stereocenters. The van der Waals surface area contributed by atoms with Gasteiger partial charge in [-0.2, -0.15) is 0 Å². The maximum atomic E-state index is 12.5. The number of hydrogen-bond acceptors (Lipinski definition) is 7. The van der Waals surface area contributed by atoms with Crippen molar-refractivity contribution in [2.24, 2.45) is 0 Å². The molecule has 1 fully saturated rings. The molecule has 0 atom stereocenters. The first-order chi connectivity index (χ1) is 13.0. The first kappa shape index (κ1) is 19.0. The van der Waals surface area contributed by atoms with E-state index in [1.54, 1.807) is 0 Å². The van der Waals surface area contributed by atoms with E-state index in [1.165, 1.54) is 26.4 Å². The highest BCUT2D eigenvalue weighted by atomic mass is 16.5. The number of hydrogen-bond donors (Lipinski definition) is 3. The van der Waals surface area contributed by atoms with Crippen molar-refractivity contribution in [2.75, 3.05) is 53.6 Å². The SMILES string of the molecule is COc1cc2[nH]c(=O)c(C(=O)NCCN3CCOCC3)c(O)c2cc1OC. The summed E-state index contributed by atoms with van der Waals surface area (Å²) in [5.74, 6) is -0.231. The molecule has 9 heteroatoms. The lowest BCUT2D eigenvalue weighted by atomic mass is 10.1. The second-order valence-electron chi connectivity index (χ2n) is 6.14. The van der Waals surface area contributed by atoms with Crippen LogP contribution in [0.5, 0.6) is 17.2 Å². The number of aromatic nitrogens is 1. The molecule has 1 saturated heterocycles. The third kappa shape index (κ3) is 3.99. The molecule has 0 bridgehead atoms. The maximum absolute atomic E-state index is 12.5. The van der Waals surface area contributed by atoms with E-state index < -0.39 is 17.2 Å². The predicted molar refractivity (Wildman–Crippen MR) is 98.9 cm³/mol. The second-order valence-corrected chi connectivity index (χ2v) is 6.14. The summed E-state index contributed by atoms with van der Waals surface area (Å²) < 4.78 is 15.7. The molecule has 146 valence electrons. The Morgan fingerprint density at radius 2 is 1.93 bits per heavy atom. The van der Waals surface area contributed by atoms with Crippen molar-refractivity contribution in [3.63, 3.8) is 0 Å². The van der Waals surface area contributed by atoms with Crippen LogP contribution < -0.4 is 20.3 Å². The molecular formula is C18H23N3O6. The van der Waals surface area contributed by atoms with Crippen molar-refractivity contribution < 1.29 is 24.1 Å². The zero-order valence-electron chi connectivity index (χ0n) is 15.3. The Morgan fingerprint density at radius 3 is 2.59 bits per heavy atom. The van der Waals surface area contributed by atoms with E-state index in [4.69, 9.17) is 14.2 Å².